The third kappa shape index (κ3) is 5.35. The van der Waals surface area contributed by atoms with Crippen LogP contribution in [0.15, 0.2) is 42.5 Å². The van der Waals surface area contributed by atoms with E-state index in [1.54, 1.807) is 12.1 Å². The SMILES string of the molecule is CC(=O)C(Cc1c(C)cc(O)cc1C)NC(=O)OCc1ccccc1. The van der Waals surface area contributed by atoms with E-state index in [0.717, 1.165) is 22.3 Å². The Labute approximate surface area is 147 Å². The Bertz CT molecular complexity index is 733. The molecule has 2 rings (SSSR count). The van der Waals surface area contributed by atoms with Crippen LogP contribution in [0.2, 0.25) is 0 Å². The van der Waals surface area contributed by atoms with Gasteiger partial charge in [-0.25, -0.2) is 4.79 Å². The summed E-state index contributed by atoms with van der Waals surface area (Å²) in [7, 11) is 0. The van der Waals surface area contributed by atoms with Gasteiger partial charge in [0.25, 0.3) is 0 Å². The predicted molar refractivity (Wildman–Crippen MR) is 95.5 cm³/mol. The van der Waals surface area contributed by atoms with Gasteiger partial charge in [-0.2, -0.15) is 0 Å². The van der Waals surface area contributed by atoms with Crippen molar-refractivity contribution >= 4 is 11.9 Å². The minimum atomic E-state index is -0.676. The highest BCUT2D eigenvalue weighted by molar-refractivity contribution is 5.85. The lowest BCUT2D eigenvalue weighted by atomic mass is 9.94. The number of hydrogen-bond donors (Lipinski definition) is 2. The first-order valence-electron chi connectivity index (χ1n) is 8.13. The van der Waals surface area contributed by atoms with Gasteiger partial charge in [-0.05, 0) is 55.2 Å². The first kappa shape index (κ1) is 18.5. The molecule has 0 aromatic heterocycles. The molecule has 0 aliphatic rings. The van der Waals surface area contributed by atoms with E-state index in [1.165, 1.54) is 6.92 Å². The van der Waals surface area contributed by atoms with Crippen LogP contribution in [0.3, 0.4) is 0 Å². The second kappa shape index (κ2) is 8.33. The zero-order valence-electron chi connectivity index (χ0n) is 14.7. The number of alkyl carbamates (subject to hydrolysis) is 1. The Kier molecular flexibility index (Phi) is 6.17. The molecule has 5 heteroatoms. The number of ketones is 1. The van der Waals surface area contributed by atoms with Crippen molar-refractivity contribution in [1.82, 2.24) is 5.32 Å². The number of aryl methyl sites for hydroxylation is 2. The van der Waals surface area contributed by atoms with Crippen molar-refractivity contribution in [2.45, 2.75) is 39.8 Å². The number of aromatic hydroxyl groups is 1. The van der Waals surface area contributed by atoms with E-state index in [9.17, 15) is 14.7 Å². The van der Waals surface area contributed by atoms with Crippen molar-refractivity contribution < 1.29 is 19.4 Å². The molecule has 0 saturated carbocycles. The monoisotopic (exact) mass is 341 g/mol. The number of ether oxygens (including phenoxy) is 1. The van der Waals surface area contributed by atoms with Gasteiger partial charge < -0.3 is 15.2 Å². The molecule has 0 aliphatic carbocycles. The van der Waals surface area contributed by atoms with Gasteiger partial charge in [0.05, 0.1) is 6.04 Å². The van der Waals surface area contributed by atoms with Gasteiger partial charge in [-0.1, -0.05) is 30.3 Å². The summed E-state index contributed by atoms with van der Waals surface area (Å²) in [6.07, 6.45) is -0.272. The highest BCUT2D eigenvalue weighted by Crippen LogP contribution is 2.22. The van der Waals surface area contributed by atoms with Crippen molar-refractivity contribution in [1.29, 1.82) is 0 Å². The summed E-state index contributed by atoms with van der Waals surface area (Å²) in [5, 5.41) is 12.3. The lowest BCUT2D eigenvalue weighted by molar-refractivity contribution is -0.118. The second-order valence-corrected chi connectivity index (χ2v) is 6.13. The number of hydrogen-bond acceptors (Lipinski definition) is 4. The van der Waals surface area contributed by atoms with Crippen LogP contribution in [0.1, 0.15) is 29.2 Å². The molecule has 0 bridgehead atoms. The van der Waals surface area contributed by atoms with Gasteiger partial charge in [0, 0.05) is 6.42 Å². The number of phenols is 1. The first-order valence-corrected chi connectivity index (χ1v) is 8.13. The third-order valence-electron chi connectivity index (χ3n) is 4.08. The van der Waals surface area contributed by atoms with Crippen LogP contribution in [-0.4, -0.2) is 23.0 Å². The van der Waals surface area contributed by atoms with E-state index in [4.69, 9.17) is 4.74 Å². The van der Waals surface area contributed by atoms with Gasteiger partial charge in [-0.3, -0.25) is 4.79 Å². The van der Waals surface area contributed by atoms with Gasteiger partial charge in [0.2, 0.25) is 0 Å². The highest BCUT2D eigenvalue weighted by Gasteiger charge is 2.20. The molecule has 0 saturated heterocycles. The summed E-state index contributed by atoms with van der Waals surface area (Å²) in [6.45, 7) is 5.32. The molecule has 0 heterocycles. The molecule has 0 spiro atoms. The van der Waals surface area contributed by atoms with Crippen molar-refractivity contribution in [2.75, 3.05) is 0 Å². The summed E-state index contributed by atoms with van der Waals surface area (Å²) in [5.74, 6) is 0.0388. The number of Topliss-reactive ketones (excluding diaryl/α,β-unsaturated/α-hetero) is 1. The Morgan fingerprint density at radius 2 is 1.72 bits per heavy atom. The molecule has 132 valence electrons. The Morgan fingerprint density at radius 3 is 2.28 bits per heavy atom. The second-order valence-electron chi connectivity index (χ2n) is 6.13. The maximum Gasteiger partial charge on any atom is 0.408 e. The van der Waals surface area contributed by atoms with Gasteiger partial charge in [0.15, 0.2) is 5.78 Å². The van der Waals surface area contributed by atoms with Crippen LogP contribution < -0.4 is 5.32 Å². The number of benzene rings is 2. The Morgan fingerprint density at radius 1 is 1.12 bits per heavy atom. The van der Waals surface area contributed by atoms with Crippen molar-refractivity contribution in [3.8, 4) is 5.75 Å². The van der Waals surface area contributed by atoms with E-state index in [2.05, 4.69) is 5.32 Å². The van der Waals surface area contributed by atoms with Crippen LogP contribution in [0, 0.1) is 13.8 Å². The van der Waals surface area contributed by atoms with Gasteiger partial charge >= 0.3 is 6.09 Å². The number of phenolic OH excluding ortho intramolecular Hbond substituents is 1. The van der Waals surface area contributed by atoms with Crippen molar-refractivity contribution in [3.05, 3.63) is 64.7 Å². The number of rotatable bonds is 6. The summed E-state index contributed by atoms with van der Waals surface area (Å²) >= 11 is 0. The minimum absolute atomic E-state index is 0.147. The molecule has 2 aromatic rings. The number of carbonyl (C=O) groups excluding carboxylic acids is 2. The molecule has 25 heavy (non-hydrogen) atoms. The molecule has 1 amide bonds. The van der Waals surface area contributed by atoms with Crippen molar-refractivity contribution in [2.24, 2.45) is 0 Å². The van der Waals surface area contributed by atoms with Gasteiger partial charge in [-0.15, -0.1) is 0 Å². The fourth-order valence-electron chi connectivity index (χ4n) is 2.70. The standard InChI is InChI=1S/C20H23NO4/c1-13-9-17(23)10-14(2)18(13)11-19(15(3)22)21-20(24)25-12-16-7-5-4-6-8-16/h4-10,19,23H,11-12H2,1-3H3,(H,21,24). The van der Waals surface area contributed by atoms with E-state index < -0.39 is 12.1 Å². The van der Waals surface area contributed by atoms with E-state index in [0.29, 0.717) is 6.42 Å². The number of nitrogens with one attached hydrogen (secondary N) is 1. The topological polar surface area (TPSA) is 75.6 Å². The van der Waals surface area contributed by atoms with E-state index in [-0.39, 0.29) is 18.1 Å². The zero-order chi connectivity index (χ0) is 18.4. The molecule has 0 radical (unpaired) electrons. The van der Waals surface area contributed by atoms with Crippen LogP contribution in [0.5, 0.6) is 5.75 Å². The third-order valence-corrected chi connectivity index (χ3v) is 4.08. The molecule has 2 N–H and O–H groups in total. The quantitative estimate of drug-likeness (QED) is 0.844. The Balaban J connectivity index is 2.01. The first-order chi connectivity index (χ1) is 11.9. The van der Waals surface area contributed by atoms with E-state index >= 15 is 0 Å². The molecule has 2 aromatic carbocycles. The fourth-order valence-corrected chi connectivity index (χ4v) is 2.70. The maximum atomic E-state index is 12.0. The van der Waals surface area contributed by atoms with Crippen LogP contribution >= 0.6 is 0 Å². The molecule has 0 fully saturated rings. The van der Waals surface area contributed by atoms with Crippen molar-refractivity contribution in [3.63, 3.8) is 0 Å². The summed E-state index contributed by atoms with van der Waals surface area (Å²) in [4.78, 5) is 23.9. The zero-order valence-corrected chi connectivity index (χ0v) is 14.7. The molecular formula is C20H23NO4. The van der Waals surface area contributed by atoms with E-state index in [1.807, 2.05) is 44.2 Å². The average Bonchev–Trinajstić information content (AvgIpc) is 2.55. The smallest absolute Gasteiger partial charge is 0.408 e. The normalized spacial score (nSPS) is 11.6. The summed E-state index contributed by atoms with van der Waals surface area (Å²) < 4.78 is 5.18. The largest absolute Gasteiger partial charge is 0.508 e. The predicted octanol–water partition coefficient (Wildman–Crippen LogP) is 3.44. The molecule has 1 unspecified atom stereocenters. The van der Waals surface area contributed by atoms with Crippen LogP contribution in [-0.2, 0) is 22.6 Å². The summed E-state index contributed by atoms with van der Waals surface area (Å²) in [6, 6.07) is 12.0. The fraction of sp³-hybridized carbons (Fsp3) is 0.300. The Hall–Kier alpha value is -2.82. The number of carbonyl (C=O) groups is 2. The maximum absolute atomic E-state index is 12.0. The molecule has 1 atom stereocenters. The van der Waals surface area contributed by atoms with Crippen LogP contribution in [0.25, 0.3) is 0 Å². The minimum Gasteiger partial charge on any atom is -0.508 e. The lowest BCUT2D eigenvalue weighted by Gasteiger charge is -2.19. The average molecular weight is 341 g/mol. The highest BCUT2D eigenvalue weighted by atomic mass is 16.5. The molecule has 0 aliphatic heterocycles. The lowest BCUT2D eigenvalue weighted by Crippen LogP contribution is -2.41. The summed E-state index contributed by atoms with van der Waals surface area (Å²) in [5.41, 5.74) is 3.56. The number of amides is 1. The van der Waals surface area contributed by atoms with Crippen LogP contribution in [0.4, 0.5) is 4.79 Å². The van der Waals surface area contributed by atoms with Gasteiger partial charge in [0.1, 0.15) is 12.4 Å². The molecular weight excluding hydrogens is 318 g/mol. The molecule has 5 nitrogen and oxygen atoms in total.